The number of amides is 1. The molecule has 134 valence electrons. The van der Waals surface area contributed by atoms with E-state index in [2.05, 4.69) is 15.3 Å². The number of halogens is 2. The predicted molar refractivity (Wildman–Crippen MR) is 90.3 cm³/mol. The number of aromatic nitrogens is 2. The molecule has 1 amide bonds. The molecule has 8 heteroatoms. The third kappa shape index (κ3) is 4.31. The van der Waals surface area contributed by atoms with Gasteiger partial charge in [-0.25, -0.2) is 18.7 Å². The molecule has 5 nitrogen and oxygen atoms in total. The summed E-state index contributed by atoms with van der Waals surface area (Å²) >= 11 is 1.44. The smallest absolute Gasteiger partial charge is 0.272 e. The fourth-order valence-corrected chi connectivity index (χ4v) is 3.19. The molecule has 2 aromatic heterocycles. The van der Waals surface area contributed by atoms with Gasteiger partial charge >= 0.3 is 0 Å². The lowest BCUT2D eigenvalue weighted by molar-refractivity contribution is 0.0786. The molecule has 25 heavy (non-hydrogen) atoms. The number of hydrogen-bond donors (Lipinski definition) is 1. The highest BCUT2D eigenvalue weighted by atomic mass is 32.1. The molecule has 2 heterocycles. The zero-order chi connectivity index (χ0) is 18.0. The minimum Gasteiger partial charge on any atom is -0.471 e. The number of nitrogens with zero attached hydrogens (tertiary/aromatic N) is 2. The zero-order valence-corrected chi connectivity index (χ0v) is 14.8. The molecule has 0 atom stereocenters. The van der Waals surface area contributed by atoms with E-state index in [0.29, 0.717) is 0 Å². The second-order valence-corrected chi connectivity index (χ2v) is 7.38. The Morgan fingerprint density at radius 1 is 1.44 bits per heavy atom. The van der Waals surface area contributed by atoms with Gasteiger partial charge in [0.25, 0.3) is 12.3 Å². The first-order valence-corrected chi connectivity index (χ1v) is 8.89. The number of ether oxygens (including phenoxy) is 1. The molecule has 1 fully saturated rings. The van der Waals surface area contributed by atoms with Crippen LogP contribution < -0.4 is 10.1 Å². The summed E-state index contributed by atoms with van der Waals surface area (Å²) in [6.45, 7) is 2.95. The maximum Gasteiger partial charge on any atom is 0.272 e. The molecule has 0 aliphatic heterocycles. The van der Waals surface area contributed by atoms with Crippen LogP contribution in [0.2, 0.25) is 0 Å². The van der Waals surface area contributed by atoms with Crippen molar-refractivity contribution in [3.63, 3.8) is 0 Å². The van der Waals surface area contributed by atoms with Crippen LogP contribution in [-0.2, 0) is 5.54 Å². The average Bonchev–Trinajstić information content (AvgIpc) is 3.24. The van der Waals surface area contributed by atoms with Crippen LogP contribution in [0.1, 0.15) is 53.7 Å². The average molecular weight is 367 g/mol. The molecule has 0 spiro atoms. The fourth-order valence-electron chi connectivity index (χ4n) is 2.47. The first-order valence-electron chi connectivity index (χ1n) is 8.01. The Labute approximate surface area is 148 Å². The van der Waals surface area contributed by atoms with Crippen molar-refractivity contribution in [1.29, 1.82) is 0 Å². The van der Waals surface area contributed by atoms with E-state index in [1.54, 1.807) is 18.3 Å². The van der Waals surface area contributed by atoms with Crippen LogP contribution in [0.15, 0.2) is 23.7 Å². The van der Waals surface area contributed by atoms with E-state index in [0.717, 1.165) is 23.4 Å². The Kier molecular flexibility index (Phi) is 4.99. The molecule has 0 radical (unpaired) electrons. The summed E-state index contributed by atoms with van der Waals surface area (Å²) in [6, 6.07) is 3.35. The normalized spacial score (nSPS) is 14.6. The van der Waals surface area contributed by atoms with Crippen LogP contribution in [0.3, 0.4) is 0 Å². The molecule has 0 saturated heterocycles. The second kappa shape index (κ2) is 7.03. The molecular formula is C17H19F2N3O2S. The highest BCUT2D eigenvalue weighted by molar-refractivity contribution is 7.09. The van der Waals surface area contributed by atoms with Gasteiger partial charge in [-0.05, 0) is 38.7 Å². The van der Waals surface area contributed by atoms with Crippen LogP contribution >= 0.6 is 11.3 Å². The summed E-state index contributed by atoms with van der Waals surface area (Å²) in [5.74, 6) is 0.0102. The fraction of sp³-hybridized carbons (Fsp3) is 0.471. The molecule has 1 N–H and O–H groups in total. The van der Waals surface area contributed by atoms with Gasteiger partial charge in [0.15, 0.2) is 6.61 Å². The largest absolute Gasteiger partial charge is 0.471 e. The van der Waals surface area contributed by atoms with Crippen LogP contribution in [-0.4, -0.2) is 28.9 Å². The van der Waals surface area contributed by atoms with Crippen LogP contribution in [0.25, 0.3) is 0 Å². The maximum absolute atomic E-state index is 12.5. The molecule has 2 aromatic rings. The van der Waals surface area contributed by atoms with Gasteiger partial charge in [0.05, 0.1) is 5.54 Å². The third-order valence-electron chi connectivity index (χ3n) is 3.88. The highest BCUT2D eigenvalue weighted by Crippen LogP contribution is 2.43. The summed E-state index contributed by atoms with van der Waals surface area (Å²) in [4.78, 5) is 21.0. The van der Waals surface area contributed by atoms with Crippen LogP contribution in [0, 0.1) is 0 Å². The van der Waals surface area contributed by atoms with Gasteiger partial charge in [0.2, 0.25) is 5.88 Å². The number of thiazole rings is 1. The van der Waals surface area contributed by atoms with Crippen molar-refractivity contribution in [2.24, 2.45) is 0 Å². The van der Waals surface area contributed by atoms with Gasteiger partial charge in [-0.2, -0.15) is 0 Å². The number of hydrogen-bond acceptors (Lipinski definition) is 5. The van der Waals surface area contributed by atoms with E-state index in [4.69, 9.17) is 4.74 Å². The molecule has 1 aliphatic rings. The molecule has 3 rings (SSSR count). The topological polar surface area (TPSA) is 64.1 Å². The molecule has 0 unspecified atom stereocenters. The summed E-state index contributed by atoms with van der Waals surface area (Å²) in [6.07, 6.45) is 1.05. The minimum atomic E-state index is -2.59. The summed E-state index contributed by atoms with van der Waals surface area (Å²) in [5.41, 5.74) is 0.265. The van der Waals surface area contributed by atoms with Crippen molar-refractivity contribution in [3.05, 3.63) is 40.0 Å². The lowest BCUT2D eigenvalue weighted by Gasteiger charge is -2.23. The molecule has 1 aliphatic carbocycles. The Balaban J connectivity index is 1.79. The Bertz CT molecular complexity index is 746. The quantitative estimate of drug-likeness (QED) is 0.810. The number of rotatable bonds is 7. The van der Waals surface area contributed by atoms with E-state index in [9.17, 15) is 13.6 Å². The lowest BCUT2D eigenvalue weighted by atomic mass is 10.1. The van der Waals surface area contributed by atoms with E-state index in [1.807, 2.05) is 19.2 Å². The van der Waals surface area contributed by atoms with Gasteiger partial charge < -0.3 is 10.1 Å². The summed E-state index contributed by atoms with van der Waals surface area (Å²) in [7, 11) is 0. The lowest BCUT2D eigenvalue weighted by Crippen LogP contribution is -2.41. The maximum atomic E-state index is 12.5. The summed E-state index contributed by atoms with van der Waals surface area (Å²) < 4.78 is 30.1. The number of alkyl halides is 2. The minimum absolute atomic E-state index is 0.127. The third-order valence-corrected chi connectivity index (χ3v) is 4.98. The molecule has 1 saturated carbocycles. The van der Waals surface area contributed by atoms with Crippen LogP contribution in [0.4, 0.5) is 8.78 Å². The number of carbonyl (C=O) groups excluding carboxylic acids is 1. The number of nitrogens with one attached hydrogen (secondary N) is 1. The Morgan fingerprint density at radius 2 is 2.20 bits per heavy atom. The SMILES string of the molecule is CC(C)(NC(=O)c1ccc(C2CC2)c(OCC(F)F)n1)c1nccs1. The Morgan fingerprint density at radius 3 is 2.80 bits per heavy atom. The van der Waals surface area contributed by atoms with Crippen molar-refractivity contribution < 1.29 is 18.3 Å². The van der Waals surface area contributed by atoms with Gasteiger partial charge in [0.1, 0.15) is 10.7 Å². The first kappa shape index (κ1) is 17.7. The number of pyridine rings is 1. The first-order chi connectivity index (χ1) is 11.9. The summed E-state index contributed by atoms with van der Waals surface area (Å²) in [5, 5.41) is 5.48. The van der Waals surface area contributed by atoms with Gasteiger partial charge in [-0.3, -0.25) is 4.79 Å². The van der Waals surface area contributed by atoms with Crippen LogP contribution in [0.5, 0.6) is 5.88 Å². The van der Waals surface area contributed by atoms with Crippen molar-refractivity contribution in [3.8, 4) is 5.88 Å². The predicted octanol–water partition coefficient (Wildman–Crippen LogP) is 3.72. The molecule has 0 bridgehead atoms. The zero-order valence-electron chi connectivity index (χ0n) is 14.0. The van der Waals surface area contributed by atoms with Crippen molar-refractivity contribution in [1.82, 2.24) is 15.3 Å². The van der Waals surface area contributed by atoms with Gasteiger partial charge in [-0.1, -0.05) is 6.07 Å². The van der Waals surface area contributed by atoms with E-state index in [-0.39, 0.29) is 17.5 Å². The van der Waals surface area contributed by atoms with Gasteiger partial charge in [0, 0.05) is 17.1 Å². The van der Waals surface area contributed by atoms with Crippen molar-refractivity contribution >= 4 is 17.2 Å². The van der Waals surface area contributed by atoms with Gasteiger partial charge in [-0.15, -0.1) is 11.3 Å². The number of carbonyl (C=O) groups is 1. The monoisotopic (exact) mass is 367 g/mol. The van der Waals surface area contributed by atoms with Crippen molar-refractivity contribution in [2.75, 3.05) is 6.61 Å². The van der Waals surface area contributed by atoms with E-state index >= 15 is 0 Å². The standard InChI is InChI=1S/C17H19F2N3O2S/c1-17(2,16-20-7-8-25-16)22-14(23)12-6-5-11(10-3-4-10)15(21-12)24-9-13(18)19/h5-8,10,13H,3-4,9H2,1-2H3,(H,22,23). The van der Waals surface area contributed by atoms with Crippen molar-refractivity contribution in [2.45, 2.75) is 44.6 Å². The molecular weight excluding hydrogens is 348 g/mol. The highest BCUT2D eigenvalue weighted by Gasteiger charge is 2.30. The second-order valence-electron chi connectivity index (χ2n) is 6.48. The van der Waals surface area contributed by atoms with E-state index in [1.165, 1.54) is 11.3 Å². The van der Waals surface area contributed by atoms with E-state index < -0.39 is 24.5 Å². The molecule has 0 aromatic carbocycles. The Hall–Kier alpha value is -2.09.